The number of hydrogen-bond acceptors (Lipinski definition) is 3. The fourth-order valence-electron chi connectivity index (χ4n) is 3.00. The normalized spacial score (nSPS) is 10.9. The molecule has 0 radical (unpaired) electrons. The monoisotopic (exact) mass is 352 g/mol. The number of nitrogens with two attached hydrogens (primary N) is 1. The highest BCUT2D eigenvalue weighted by atomic mass is 35.5. The van der Waals surface area contributed by atoms with Crippen molar-refractivity contribution in [3.63, 3.8) is 0 Å². The van der Waals surface area contributed by atoms with Gasteiger partial charge in [-0.2, -0.15) is 0 Å². The number of nitrogens with zero attached hydrogens (tertiary/aromatic N) is 1. The summed E-state index contributed by atoms with van der Waals surface area (Å²) in [6, 6.07) is 6.43. The number of benzene rings is 1. The molecule has 2 N–H and O–H groups in total. The lowest BCUT2D eigenvalue weighted by Crippen LogP contribution is -2.00. The predicted octanol–water partition coefficient (Wildman–Crippen LogP) is 5.82. The van der Waals surface area contributed by atoms with Crippen LogP contribution >= 0.6 is 12.4 Å². The molecule has 0 bridgehead atoms. The summed E-state index contributed by atoms with van der Waals surface area (Å²) in [7, 11) is 0. The van der Waals surface area contributed by atoms with Crippen LogP contribution in [0.25, 0.3) is 11.1 Å². The molecule has 0 saturated heterocycles. The van der Waals surface area contributed by atoms with Crippen molar-refractivity contribution in [2.45, 2.75) is 77.6 Å². The number of hydrogen-bond donors (Lipinski definition) is 1. The van der Waals surface area contributed by atoms with E-state index < -0.39 is 0 Å². The van der Waals surface area contributed by atoms with Gasteiger partial charge in [-0.05, 0) is 43.5 Å². The van der Waals surface area contributed by atoms with Gasteiger partial charge in [0.1, 0.15) is 5.52 Å². The summed E-state index contributed by atoms with van der Waals surface area (Å²) in [4.78, 5) is 4.57. The molecule has 1 heterocycles. The molecular weight excluding hydrogens is 320 g/mol. The smallest absolute Gasteiger partial charge is 0.195 e. The first-order valence-corrected chi connectivity index (χ1v) is 9.42. The summed E-state index contributed by atoms with van der Waals surface area (Å²) in [5, 5.41) is 0. The molecule has 0 atom stereocenters. The molecule has 2 rings (SSSR count). The molecule has 1 aromatic carbocycles. The zero-order valence-corrected chi connectivity index (χ0v) is 15.9. The van der Waals surface area contributed by atoms with Crippen molar-refractivity contribution >= 4 is 23.5 Å². The lowest BCUT2D eigenvalue weighted by atomic mass is 10.0. The number of aromatic nitrogens is 1. The van der Waals surface area contributed by atoms with Crippen LogP contribution in [0.1, 0.15) is 76.2 Å². The van der Waals surface area contributed by atoms with Crippen molar-refractivity contribution in [1.82, 2.24) is 4.98 Å². The molecule has 0 amide bonds. The molecule has 3 nitrogen and oxygen atoms in total. The number of unbranched alkanes of at least 4 members (excludes halogenated alkanes) is 7. The molecule has 4 heteroatoms. The molecular formula is C20H33ClN2O. The second-order valence-corrected chi connectivity index (χ2v) is 6.53. The van der Waals surface area contributed by atoms with Crippen LogP contribution in [-0.2, 0) is 12.8 Å². The zero-order valence-electron chi connectivity index (χ0n) is 15.1. The summed E-state index contributed by atoms with van der Waals surface area (Å²) in [5.74, 6) is 0.815. The van der Waals surface area contributed by atoms with E-state index in [0.29, 0.717) is 6.54 Å². The fourth-order valence-corrected chi connectivity index (χ4v) is 3.00. The van der Waals surface area contributed by atoms with Gasteiger partial charge < -0.3 is 10.2 Å². The van der Waals surface area contributed by atoms with Gasteiger partial charge >= 0.3 is 0 Å². The summed E-state index contributed by atoms with van der Waals surface area (Å²) in [6.07, 6.45) is 13.8. The zero-order chi connectivity index (χ0) is 16.3. The maximum absolute atomic E-state index is 5.75. The van der Waals surface area contributed by atoms with Gasteiger partial charge in [0, 0.05) is 6.42 Å². The van der Waals surface area contributed by atoms with E-state index in [0.717, 1.165) is 36.3 Å². The van der Waals surface area contributed by atoms with E-state index in [1.54, 1.807) is 0 Å². The van der Waals surface area contributed by atoms with Crippen molar-refractivity contribution in [3.8, 4) is 0 Å². The largest absolute Gasteiger partial charge is 0.441 e. The van der Waals surface area contributed by atoms with Gasteiger partial charge in [-0.3, -0.25) is 0 Å². The maximum atomic E-state index is 5.75. The van der Waals surface area contributed by atoms with Gasteiger partial charge in [-0.15, -0.1) is 12.4 Å². The third kappa shape index (κ3) is 7.23. The van der Waals surface area contributed by atoms with Crippen molar-refractivity contribution in [3.05, 3.63) is 29.7 Å². The average Bonchev–Trinajstić information content (AvgIpc) is 2.97. The second kappa shape index (κ2) is 12.3. The Morgan fingerprint density at radius 1 is 0.917 bits per heavy atom. The topological polar surface area (TPSA) is 52.0 Å². The predicted molar refractivity (Wildman–Crippen MR) is 105 cm³/mol. The summed E-state index contributed by atoms with van der Waals surface area (Å²) in [5.41, 5.74) is 8.81. The van der Waals surface area contributed by atoms with E-state index in [1.165, 1.54) is 56.9 Å². The first kappa shape index (κ1) is 21.0. The molecule has 0 fully saturated rings. The van der Waals surface area contributed by atoms with Gasteiger partial charge in [0.15, 0.2) is 11.5 Å². The Kier molecular flexibility index (Phi) is 10.8. The van der Waals surface area contributed by atoms with Gasteiger partial charge in [-0.25, -0.2) is 4.98 Å². The molecule has 0 saturated carbocycles. The minimum atomic E-state index is 0. The summed E-state index contributed by atoms with van der Waals surface area (Å²) in [6.45, 7) is 2.95. The Morgan fingerprint density at radius 3 is 2.33 bits per heavy atom. The van der Waals surface area contributed by atoms with Crippen molar-refractivity contribution < 1.29 is 4.42 Å². The van der Waals surface area contributed by atoms with Crippen LogP contribution < -0.4 is 5.73 Å². The first-order chi connectivity index (χ1) is 11.3. The third-order valence-electron chi connectivity index (χ3n) is 4.41. The molecule has 1 aromatic heterocycles. The molecule has 24 heavy (non-hydrogen) atoms. The Labute approximate surface area is 152 Å². The van der Waals surface area contributed by atoms with E-state index in [-0.39, 0.29) is 12.4 Å². The van der Waals surface area contributed by atoms with E-state index in [1.807, 2.05) is 0 Å². The number of oxazole rings is 1. The SMILES string of the molecule is CCCCCCCCCCc1ccc2oc(CCCN)nc2c1.Cl. The van der Waals surface area contributed by atoms with Crippen LogP contribution in [0.15, 0.2) is 22.6 Å². The Morgan fingerprint density at radius 2 is 1.62 bits per heavy atom. The first-order valence-electron chi connectivity index (χ1n) is 9.42. The van der Waals surface area contributed by atoms with Gasteiger partial charge in [0.05, 0.1) is 0 Å². The molecule has 0 aliphatic heterocycles. The third-order valence-corrected chi connectivity index (χ3v) is 4.41. The van der Waals surface area contributed by atoms with Crippen LogP contribution in [0.2, 0.25) is 0 Å². The number of rotatable bonds is 12. The highest BCUT2D eigenvalue weighted by molar-refractivity contribution is 5.85. The quantitative estimate of drug-likeness (QED) is 0.489. The van der Waals surface area contributed by atoms with Crippen molar-refractivity contribution in [1.29, 1.82) is 0 Å². The highest BCUT2D eigenvalue weighted by Crippen LogP contribution is 2.19. The van der Waals surface area contributed by atoms with E-state index in [4.69, 9.17) is 10.2 Å². The summed E-state index contributed by atoms with van der Waals surface area (Å²) < 4.78 is 5.75. The summed E-state index contributed by atoms with van der Waals surface area (Å²) >= 11 is 0. The number of halogens is 1. The van der Waals surface area contributed by atoms with Crippen LogP contribution in [0, 0.1) is 0 Å². The second-order valence-electron chi connectivity index (χ2n) is 6.53. The number of fused-ring (bicyclic) bond motifs is 1. The minimum absolute atomic E-state index is 0. The fraction of sp³-hybridized carbons (Fsp3) is 0.650. The molecule has 136 valence electrons. The molecule has 0 aliphatic rings. The van der Waals surface area contributed by atoms with Crippen molar-refractivity contribution in [2.24, 2.45) is 5.73 Å². The van der Waals surface area contributed by atoms with Gasteiger partial charge in [0.25, 0.3) is 0 Å². The van der Waals surface area contributed by atoms with Gasteiger partial charge in [-0.1, -0.05) is 57.9 Å². The van der Waals surface area contributed by atoms with E-state index in [9.17, 15) is 0 Å². The molecule has 0 spiro atoms. The number of aryl methyl sites for hydroxylation is 2. The van der Waals surface area contributed by atoms with Gasteiger partial charge in [0.2, 0.25) is 0 Å². The van der Waals surface area contributed by atoms with Crippen LogP contribution in [0.5, 0.6) is 0 Å². The van der Waals surface area contributed by atoms with Crippen LogP contribution in [0.4, 0.5) is 0 Å². The van der Waals surface area contributed by atoms with E-state index >= 15 is 0 Å². The van der Waals surface area contributed by atoms with E-state index in [2.05, 4.69) is 30.1 Å². The standard InChI is InChI=1S/C20H32N2O.ClH/c1-2-3-4-5-6-7-8-9-11-17-13-14-19-18(16-17)22-20(23-19)12-10-15-21;/h13-14,16H,2-12,15,21H2,1H3;1H. The Hall–Kier alpha value is -1.06. The van der Waals surface area contributed by atoms with Crippen LogP contribution in [-0.4, -0.2) is 11.5 Å². The molecule has 2 aromatic rings. The Bertz CT molecular complexity index is 568. The lowest BCUT2D eigenvalue weighted by Gasteiger charge is -2.02. The molecule has 0 unspecified atom stereocenters. The van der Waals surface area contributed by atoms with Crippen LogP contribution in [0.3, 0.4) is 0 Å². The lowest BCUT2D eigenvalue weighted by molar-refractivity contribution is 0.521. The maximum Gasteiger partial charge on any atom is 0.195 e. The average molecular weight is 353 g/mol. The van der Waals surface area contributed by atoms with Crippen molar-refractivity contribution in [2.75, 3.05) is 6.54 Å². The minimum Gasteiger partial charge on any atom is -0.441 e. The Balaban J connectivity index is 0.00000288. The highest BCUT2D eigenvalue weighted by Gasteiger charge is 2.06. The molecule has 0 aliphatic carbocycles.